The number of benzene rings is 2. The van der Waals surface area contributed by atoms with Gasteiger partial charge in [0, 0.05) is 6.42 Å². The van der Waals surface area contributed by atoms with Crippen molar-refractivity contribution in [1.82, 2.24) is 0 Å². The van der Waals surface area contributed by atoms with Crippen molar-refractivity contribution in [1.29, 1.82) is 0 Å². The fourth-order valence-electron chi connectivity index (χ4n) is 2.44. The number of carboxylic acid groups (broad SMARTS) is 1. The minimum atomic E-state index is -0.755. The normalized spacial score (nSPS) is 10.5. The third kappa shape index (κ3) is 4.92. The molecule has 0 heterocycles. The summed E-state index contributed by atoms with van der Waals surface area (Å²) >= 11 is 0. The lowest BCUT2D eigenvalue weighted by molar-refractivity contribution is -0.137. The Morgan fingerprint density at radius 1 is 1.09 bits per heavy atom. The van der Waals surface area contributed by atoms with Gasteiger partial charge in [-0.05, 0) is 43.9 Å². The molecule has 0 aromatic heterocycles. The molecule has 0 fully saturated rings. The number of aryl methyl sites for hydroxylation is 3. The molecule has 0 saturated heterocycles. The van der Waals surface area contributed by atoms with E-state index in [9.17, 15) is 4.79 Å². The predicted octanol–water partition coefficient (Wildman–Crippen LogP) is 4.29. The first-order valence-electron chi connectivity index (χ1n) is 7.54. The summed E-state index contributed by atoms with van der Waals surface area (Å²) in [7, 11) is 0. The van der Waals surface area contributed by atoms with Crippen molar-refractivity contribution in [2.24, 2.45) is 0 Å². The summed E-state index contributed by atoms with van der Waals surface area (Å²) in [6.07, 6.45) is 1.53. The lowest BCUT2D eigenvalue weighted by atomic mass is 10.0. The summed E-state index contributed by atoms with van der Waals surface area (Å²) in [6.45, 7) is 4.62. The molecule has 0 bridgehead atoms. The van der Waals surface area contributed by atoms with Crippen molar-refractivity contribution < 1.29 is 14.6 Å². The molecule has 0 aliphatic rings. The van der Waals surface area contributed by atoms with Gasteiger partial charge in [0.25, 0.3) is 0 Å². The first-order chi connectivity index (χ1) is 10.5. The molecular weight excluding hydrogens is 276 g/mol. The van der Waals surface area contributed by atoms with Crippen LogP contribution >= 0.6 is 0 Å². The van der Waals surface area contributed by atoms with Gasteiger partial charge in [-0.15, -0.1) is 0 Å². The van der Waals surface area contributed by atoms with Gasteiger partial charge in [-0.3, -0.25) is 4.79 Å². The van der Waals surface area contributed by atoms with Crippen molar-refractivity contribution in [2.75, 3.05) is 0 Å². The standard InChI is InChI=1S/C19H22O3/c1-14-5-3-6-16(11-14)13-22-18-10-9-15(2)12-17(18)7-4-8-19(20)21/h3,5-6,9-12H,4,7-8,13H2,1-2H3,(H,20,21). The van der Waals surface area contributed by atoms with Gasteiger partial charge in [0.15, 0.2) is 0 Å². The fourth-order valence-corrected chi connectivity index (χ4v) is 2.44. The Balaban J connectivity index is 2.04. The van der Waals surface area contributed by atoms with Gasteiger partial charge in [-0.1, -0.05) is 47.5 Å². The quantitative estimate of drug-likeness (QED) is 0.829. The Kier molecular flexibility index (Phi) is 5.59. The van der Waals surface area contributed by atoms with E-state index in [1.807, 2.05) is 31.2 Å². The number of aliphatic carboxylic acids is 1. The highest BCUT2D eigenvalue weighted by Gasteiger charge is 2.06. The van der Waals surface area contributed by atoms with E-state index in [1.165, 1.54) is 5.56 Å². The molecule has 2 aromatic rings. The Morgan fingerprint density at radius 3 is 2.59 bits per heavy atom. The van der Waals surface area contributed by atoms with E-state index >= 15 is 0 Å². The largest absolute Gasteiger partial charge is 0.489 e. The molecule has 3 nitrogen and oxygen atoms in total. The topological polar surface area (TPSA) is 46.5 Å². The minimum Gasteiger partial charge on any atom is -0.489 e. The molecule has 3 heteroatoms. The smallest absolute Gasteiger partial charge is 0.303 e. The van der Waals surface area contributed by atoms with Crippen LogP contribution in [0.2, 0.25) is 0 Å². The molecule has 0 spiro atoms. The minimum absolute atomic E-state index is 0.186. The zero-order valence-corrected chi connectivity index (χ0v) is 13.1. The van der Waals surface area contributed by atoms with Crippen LogP contribution in [0.3, 0.4) is 0 Å². The SMILES string of the molecule is Cc1cccc(COc2ccc(C)cc2CCCC(=O)O)c1. The second-order valence-electron chi connectivity index (χ2n) is 5.64. The van der Waals surface area contributed by atoms with Crippen LogP contribution in [0.4, 0.5) is 0 Å². The molecule has 2 rings (SSSR count). The van der Waals surface area contributed by atoms with Crippen molar-refractivity contribution in [3.05, 3.63) is 64.7 Å². The third-order valence-electron chi connectivity index (χ3n) is 3.53. The maximum atomic E-state index is 10.7. The van der Waals surface area contributed by atoms with Crippen LogP contribution in [0.15, 0.2) is 42.5 Å². The monoisotopic (exact) mass is 298 g/mol. The van der Waals surface area contributed by atoms with Crippen LogP contribution in [-0.2, 0) is 17.8 Å². The van der Waals surface area contributed by atoms with Gasteiger partial charge in [0.1, 0.15) is 12.4 Å². The molecule has 2 aromatic carbocycles. The summed E-state index contributed by atoms with van der Waals surface area (Å²) < 4.78 is 5.94. The molecule has 0 radical (unpaired) electrons. The molecule has 0 atom stereocenters. The second kappa shape index (κ2) is 7.64. The van der Waals surface area contributed by atoms with Crippen LogP contribution in [0.25, 0.3) is 0 Å². The molecule has 0 amide bonds. The lowest BCUT2D eigenvalue weighted by Crippen LogP contribution is -2.01. The van der Waals surface area contributed by atoms with Crippen LogP contribution in [0.1, 0.15) is 35.1 Å². The van der Waals surface area contributed by atoms with Gasteiger partial charge in [-0.25, -0.2) is 0 Å². The van der Waals surface area contributed by atoms with Crippen LogP contribution in [-0.4, -0.2) is 11.1 Å². The highest BCUT2D eigenvalue weighted by atomic mass is 16.5. The van der Waals surface area contributed by atoms with Gasteiger partial charge in [0.2, 0.25) is 0 Å². The predicted molar refractivity (Wildman–Crippen MR) is 87.3 cm³/mol. The van der Waals surface area contributed by atoms with Crippen LogP contribution in [0.5, 0.6) is 5.75 Å². The first kappa shape index (κ1) is 16.1. The molecule has 0 unspecified atom stereocenters. The zero-order valence-electron chi connectivity index (χ0n) is 13.1. The molecule has 0 saturated carbocycles. The Hall–Kier alpha value is -2.29. The van der Waals surface area contributed by atoms with Gasteiger partial charge in [-0.2, -0.15) is 0 Å². The third-order valence-corrected chi connectivity index (χ3v) is 3.53. The highest BCUT2D eigenvalue weighted by molar-refractivity contribution is 5.66. The van der Waals surface area contributed by atoms with Crippen LogP contribution in [0, 0.1) is 13.8 Å². The fraction of sp³-hybridized carbons (Fsp3) is 0.316. The molecular formula is C19H22O3. The maximum Gasteiger partial charge on any atom is 0.303 e. The van der Waals surface area contributed by atoms with Crippen molar-refractivity contribution in [3.8, 4) is 5.75 Å². The number of carbonyl (C=O) groups is 1. The molecule has 22 heavy (non-hydrogen) atoms. The molecule has 0 aliphatic carbocycles. The first-order valence-corrected chi connectivity index (χ1v) is 7.54. The van der Waals surface area contributed by atoms with Gasteiger partial charge in [0.05, 0.1) is 0 Å². The molecule has 116 valence electrons. The van der Waals surface area contributed by atoms with E-state index in [-0.39, 0.29) is 6.42 Å². The van der Waals surface area contributed by atoms with E-state index in [1.54, 1.807) is 0 Å². The van der Waals surface area contributed by atoms with E-state index in [2.05, 4.69) is 25.1 Å². The Bertz CT molecular complexity index is 647. The average molecular weight is 298 g/mol. The number of rotatable bonds is 7. The summed E-state index contributed by atoms with van der Waals surface area (Å²) in [5, 5.41) is 8.76. The number of hydrogen-bond acceptors (Lipinski definition) is 2. The van der Waals surface area contributed by atoms with E-state index < -0.39 is 5.97 Å². The maximum absolute atomic E-state index is 10.7. The van der Waals surface area contributed by atoms with Crippen molar-refractivity contribution in [3.63, 3.8) is 0 Å². The zero-order chi connectivity index (χ0) is 15.9. The summed E-state index contributed by atoms with van der Waals surface area (Å²) in [6, 6.07) is 14.3. The second-order valence-corrected chi connectivity index (χ2v) is 5.64. The number of hydrogen-bond donors (Lipinski definition) is 1. The Morgan fingerprint density at radius 2 is 1.86 bits per heavy atom. The van der Waals surface area contributed by atoms with E-state index in [4.69, 9.17) is 9.84 Å². The molecule has 0 aliphatic heterocycles. The Labute approximate surface area is 131 Å². The number of ether oxygens (including phenoxy) is 1. The lowest BCUT2D eigenvalue weighted by Gasteiger charge is -2.12. The molecule has 1 N–H and O–H groups in total. The van der Waals surface area contributed by atoms with Crippen LogP contribution < -0.4 is 4.74 Å². The summed E-state index contributed by atoms with van der Waals surface area (Å²) in [5.74, 6) is 0.0902. The van der Waals surface area contributed by atoms with Crippen molar-refractivity contribution >= 4 is 5.97 Å². The highest BCUT2D eigenvalue weighted by Crippen LogP contribution is 2.23. The van der Waals surface area contributed by atoms with Crippen molar-refractivity contribution in [2.45, 2.75) is 39.7 Å². The summed E-state index contributed by atoms with van der Waals surface area (Å²) in [5.41, 5.74) is 4.59. The summed E-state index contributed by atoms with van der Waals surface area (Å²) in [4.78, 5) is 10.7. The van der Waals surface area contributed by atoms with Gasteiger partial charge >= 0.3 is 5.97 Å². The van der Waals surface area contributed by atoms with E-state index in [0.29, 0.717) is 13.0 Å². The van der Waals surface area contributed by atoms with E-state index in [0.717, 1.165) is 28.9 Å². The number of carboxylic acids is 1. The van der Waals surface area contributed by atoms with Gasteiger partial charge < -0.3 is 9.84 Å². The average Bonchev–Trinajstić information content (AvgIpc) is 2.46.